The van der Waals surface area contributed by atoms with E-state index in [1.54, 1.807) is 0 Å². The highest BCUT2D eigenvalue weighted by Gasteiger charge is 2.24. The molecule has 0 amide bonds. The lowest BCUT2D eigenvalue weighted by Crippen LogP contribution is -2.32. The number of allylic oxidation sites excluding steroid dienone is 2. The topological polar surface area (TPSA) is 9.86 Å². The van der Waals surface area contributed by atoms with Gasteiger partial charge in [0.15, 0.2) is 0 Å². The molecule has 0 saturated heterocycles. The Bertz CT molecular complexity index is 2900. The van der Waals surface area contributed by atoms with Gasteiger partial charge in [0.1, 0.15) is 0 Å². The summed E-state index contributed by atoms with van der Waals surface area (Å²) < 4.78 is 5.99. The van der Waals surface area contributed by atoms with Gasteiger partial charge in [0.05, 0.1) is 10.9 Å². The van der Waals surface area contributed by atoms with Gasteiger partial charge in [0.2, 0.25) is 0 Å². The van der Waals surface area contributed by atoms with Gasteiger partial charge in [-0.05, 0) is 143 Å². The van der Waals surface area contributed by atoms with E-state index in [4.69, 9.17) is 0 Å². The predicted octanol–water partition coefficient (Wildman–Crippen LogP) is 12.3. The number of hydrogen-bond acceptors (Lipinski definition) is 0. The molecule has 6 aromatic carbocycles. The average Bonchev–Trinajstić information content (AvgIpc) is 3.76. The first-order valence-corrected chi connectivity index (χ1v) is 21.0. The number of aryl methyl sites for hydroxylation is 1. The first-order chi connectivity index (χ1) is 27.2. The zero-order valence-corrected chi connectivity index (χ0v) is 33.1. The van der Waals surface area contributed by atoms with Gasteiger partial charge in [0.25, 0.3) is 0 Å². The van der Waals surface area contributed by atoms with Crippen molar-refractivity contribution in [3.05, 3.63) is 190 Å². The first kappa shape index (κ1) is 33.9. The van der Waals surface area contributed by atoms with Crippen molar-refractivity contribution < 1.29 is 0 Å². The monoisotopic (exact) mass is 820 g/mol. The molecule has 2 aromatic heterocycles. The molecular formula is C52H41IN2. The number of alkyl halides is 1. The van der Waals surface area contributed by atoms with Gasteiger partial charge in [-0.2, -0.15) is 0 Å². The molecule has 2 aliphatic rings. The minimum Gasteiger partial charge on any atom is -0.310 e. The second-order valence-electron chi connectivity index (χ2n) is 14.8. The van der Waals surface area contributed by atoms with E-state index in [0.717, 1.165) is 30.1 Å². The van der Waals surface area contributed by atoms with Gasteiger partial charge in [0, 0.05) is 37.8 Å². The van der Waals surface area contributed by atoms with Gasteiger partial charge >= 0.3 is 0 Å². The van der Waals surface area contributed by atoms with Crippen molar-refractivity contribution in [1.82, 2.24) is 9.13 Å². The van der Waals surface area contributed by atoms with Crippen LogP contribution in [0.25, 0.3) is 79.1 Å². The first-order valence-electron chi connectivity index (χ1n) is 19.4. The summed E-state index contributed by atoms with van der Waals surface area (Å²) in [4.78, 5) is 0. The van der Waals surface area contributed by atoms with Crippen LogP contribution in [0.5, 0.6) is 0 Å². The van der Waals surface area contributed by atoms with Crippen LogP contribution in [0.1, 0.15) is 47.8 Å². The second-order valence-corrected chi connectivity index (χ2v) is 15.6. The molecule has 10 rings (SSSR count). The molecule has 2 aliphatic carbocycles. The maximum absolute atomic E-state index is 2.53. The number of fused-ring (bicyclic) bond motifs is 5. The van der Waals surface area contributed by atoms with Crippen molar-refractivity contribution in [2.75, 3.05) is 4.43 Å². The van der Waals surface area contributed by atoms with E-state index >= 15 is 0 Å². The zero-order valence-electron chi connectivity index (χ0n) is 31.0. The Labute approximate surface area is 336 Å². The quantitative estimate of drug-likeness (QED) is 0.117. The number of benzene rings is 6. The summed E-state index contributed by atoms with van der Waals surface area (Å²) in [5.74, 6) is 0. The molecule has 2 heterocycles. The van der Waals surface area contributed by atoms with E-state index < -0.39 is 0 Å². The molecule has 0 spiro atoms. The highest BCUT2D eigenvalue weighted by atomic mass is 127. The number of nitrogens with zero attached hydrogens (tertiary/aromatic N) is 2. The number of hydrogen-bond donors (Lipinski definition) is 0. The van der Waals surface area contributed by atoms with Gasteiger partial charge in [-0.3, -0.25) is 0 Å². The van der Waals surface area contributed by atoms with Crippen LogP contribution in [0.4, 0.5) is 0 Å². The summed E-state index contributed by atoms with van der Waals surface area (Å²) in [6.07, 6.45) is 16.0. The van der Waals surface area contributed by atoms with Crippen LogP contribution in [0.15, 0.2) is 152 Å². The molecule has 0 bridgehead atoms. The molecule has 8 aromatic rings. The largest absolute Gasteiger partial charge is 0.310 e. The number of halogens is 1. The third kappa shape index (κ3) is 5.84. The Hall–Kier alpha value is -5.65. The van der Waals surface area contributed by atoms with E-state index in [1.807, 2.05) is 0 Å². The fraction of sp³-hybridized carbons (Fsp3) is 0.115. The Morgan fingerprint density at radius 3 is 1.91 bits per heavy atom. The summed E-state index contributed by atoms with van der Waals surface area (Å²) in [6, 6.07) is 51.3. The normalized spacial score (nSPS) is 14.4. The van der Waals surface area contributed by atoms with Crippen LogP contribution in [0, 0.1) is 0 Å². The molecule has 3 heteroatoms. The molecule has 0 N–H and O–H groups in total. The maximum atomic E-state index is 2.53. The highest BCUT2D eigenvalue weighted by Crippen LogP contribution is 2.40. The molecule has 2 nitrogen and oxygen atoms in total. The summed E-state index contributed by atoms with van der Waals surface area (Å²) in [6.45, 7) is 2.38. The molecule has 0 saturated carbocycles. The van der Waals surface area contributed by atoms with E-state index in [9.17, 15) is 0 Å². The molecule has 0 radical (unpaired) electrons. The minimum absolute atomic E-state index is 0.931. The third-order valence-electron chi connectivity index (χ3n) is 11.6. The van der Waals surface area contributed by atoms with Crippen LogP contribution in [0.2, 0.25) is 0 Å². The molecule has 0 atom stereocenters. The maximum Gasteiger partial charge on any atom is 0.0543 e. The van der Waals surface area contributed by atoms with Crippen LogP contribution < -0.4 is 10.6 Å². The Morgan fingerprint density at radius 2 is 1.22 bits per heavy atom. The molecular weight excluding hydrogens is 779 g/mol. The van der Waals surface area contributed by atoms with E-state index in [0.29, 0.717) is 0 Å². The smallest absolute Gasteiger partial charge is 0.0543 e. The lowest BCUT2D eigenvalue weighted by molar-refractivity contribution is 0.950. The van der Waals surface area contributed by atoms with Crippen molar-refractivity contribution in [3.63, 3.8) is 0 Å². The molecule has 0 unspecified atom stereocenters. The highest BCUT2D eigenvalue weighted by molar-refractivity contribution is 14.1. The summed E-state index contributed by atoms with van der Waals surface area (Å²) in [5, 5.41) is 6.60. The fourth-order valence-corrected chi connectivity index (χ4v) is 9.55. The van der Waals surface area contributed by atoms with Crippen LogP contribution >= 0.6 is 22.6 Å². The van der Waals surface area contributed by atoms with Crippen molar-refractivity contribution in [3.8, 4) is 33.6 Å². The lowest BCUT2D eigenvalue weighted by Gasteiger charge is -2.16. The zero-order chi connectivity index (χ0) is 36.9. The number of aromatic nitrogens is 2. The standard InChI is InChI=1S/C52H41IN2/c1-35(51-45-21-10-12-24-47(45)54(50(51)29-30-53)42-28-27-38-19-8-9-20-39(38)32-42)44-23-14-26-49-52(44)46-22-11-13-25-48(46)55(49)43-33-40(36-15-4-2-5-16-36)31-41(34-43)37-17-6-3-7-18-37/h2-9,12-20,23-29,31-34H,10-11,21-22,30H2,1H3/b50-29+,51-35+. The molecule has 266 valence electrons. The SMILES string of the molecule is C/C(c1cccc2c1c1c(n2-c2cc(-c3ccccc3)cc(-c3ccccc3)c2)C=CCC1)=c1/c2c(n(-c3ccc4ccccc4c3)/c1=C/CI)C=CCC2. The van der Waals surface area contributed by atoms with Crippen molar-refractivity contribution in [1.29, 1.82) is 0 Å². The van der Waals surface area contributed by atoms with E-state index in [2.05, 4.69) is 209 Å². The Balaban J connectivity index is 1.26. The molecule has 0 aliphatic heterocycles. The van der Waals surface area contributed by atoms with Gasteiger partial charge in [-0.1, -0.05) is 138 Å². The predicted molar refractivity (Wildman–Crippen MR) is 243 cm³/mol. The lowest BCUT2D eigenvalue weighted by atomic mass is 9.92. The van der Waals surface area contributed by atoms with Crippen molar-refractivity contribution in [2.24, 2.45) is 0 Å². The Morgan fingerprint density at radius 1 is 0.582 bits per heavy atom. The van der Waals surface area contributed by atoms with E-state index in [1.165, 1.54) is 99.5 Å². The van der Waals surface area contributed by atoms with Crippen molar-refractivity contribution >= 4 is 68.1 Å². The minimum atomic E-state index is 0.931. The number of rotatable bonds is 6. The molecule has 0 fully saturated rings. The Kier molecular flexibility index (Phi) is 8.75. The van der Waals surface area contributed by atoms with E-state index in [-0.39, 0.29) is 0 Å². The van der Waals surface area contributed by atoms with Gasteiger partial charge < -0.3 is 9.13 Å². The second kappa shape index (κ2) is 14.2. The van der Waals surface area contributed by atoms with Crippen LogP contribution in [-0.2, 0) is 12.8 Å². The summed E-state index contributed by atoms with van der Waals surface area (Å²) >= 11 is 2.52. The summed E-state index contributed by atoms with van der Waals surface area (Å²) in [7, 11) is 0. The fourth-order valence-electron chi connectivity index (χ4n) is 9.14. The average molecular weight is 821 g/mol. The molecule has 55 heavy (non-hydrogen) atoms. The summed E-state index contributed by atoms with van der Waals surface area (Å²) in [5.41, 5.74) is 16.8. The van der Waals surface area contributed by atoms with Crippen LogP contribution in [-0.4, -0.2) is 13.6 Å². The van der Waals surface area contributed by atoms with Crippen molar-refractivity contribution in [2.45, 2.75) is 32.6 Å². The van der Waals surface area contributed by atoms with Gasteiger partial charge in [-0.15, -0.1) is 0 Å². The van der Waals surface area contributed by atoms with Gasteiger partial charge in [-0.25, -0.2) is 0 Å². The van der Waals surface area contributed by atoms with Crippen LogP contribution in [0.3, 0.4) is 0 Å². The third-order valence-corrected chi connectivity index (χ3v) is 12.0.